The van der Waals surface area contributed by atoms with E-state index in [1.165, 1.54) is 25.0 Å². The molecule has 1 aliphatic rings. The van der Waals surface area contributed by atoms with E-state index in [1.54, 1.807) is 24.3 Å². The molecule has 1 aliphatic heterocycles. The van der Waals surface area contributed by atoms with Crippen LogP contribution < -0.4 is 20.4 Å². The van der Waals surface area contributed by atoms with Crippen LogP contribution in [0.25, 0.3) is 11.1 Å². The van der Waals surface area contributed by atoms with E-state index in [2.05, 4.69) is 5.32 Å². The average molecular weight is 368 g/mol. The zero-order valence-electron chi connectivity index (χ0n) is 15.1. The first-order valence-corrected chi connectivity index (χ1v) is 8.49. The quantitative estimate of drug-likeness (QED) is 0.874. The first-order valence-electron chi connectivity index (χ1n) is 8.49. The van der Waals surface area contributed by atoms with Gasteiger partial charge in [-0.15, -0.1) is 0 Å². The van der Waals surface area contributed by atoms with Gasteiger partial charge in [-0.2, -0.15) is 0 Å². The third kappa shape index (κ3) is 4.08. The Balaban J connectivity index is 1.87. The van der Waals surface area contributed by atoms with Crippen molar-refractivity contribution in [2.45, 2.75) is 13.0 Å². The predicted octanol–water partition coefficient (Wildman–Crippen LogP) is 2.18. The summed E-state index contributed by atoms with van der Waals surface area (Å²) in [6, 6.07) is 13.7. The molecule has 140 valence electrons. The van der Waals surface area contributed by atoms with E-state index in [0.29, 0.717) is 12.2 Å². The van der Waals surface area contributed by atoms with E-state index < -0.39 is 6.09 Å². The molecule has 0 spiro atoms. The SMILES string of the molecule is COc1cc(-c2ccc(N3C(=O)OCC3CNC(C)=O)cc2)cccc1=O. The fourth-order valence-corrected chi connectivity index (χ4v) is 2.92. The molecule has 1 fully saturated rings. The van der Waals surface area contributed by atoms with Crippen molar-refractivity contribution in [3.8, 4) is 16.9 Å². The normalized spacial score (nSPS) is 16.0. The van der Waals surface area contributed by atoms with Gasteiger partial charge in [-0.3, -0.25) is 14.5 Å². The summed E-state index contributed by atoms with van der Waals surface area (Å²) in [6.45, 7) is 1.97. The lowest BCUT2D eigenvalue weighted by atomic mass is 10.1. The molecule has 1 heterocycles. The number of carbonyl (C=O) groups excluding carboxylic acids is 2. The molecular weight excluding hydrogens is 348 g/mol. The van der Waals surface area contributed by atoms with Gasteiger partial charge < -0.3 is 14.8 Å². The highest BCUT2D eigenvalue weighted by molar-refractivity contribution is 5.91. The second-order valence-electron chi connectivity index (χ2n) is 6.14. The molecular formula is C20H20N2O5. The van der Waals surface area contributed by atoms with E-state index in [0.717, 1.165) is 11.1 Å². The molecule has 1 saturated heterocycles. The molecule has 1 unspecified atom stereocenters. The van der Waals surface area contributed by atoms with Crippen molar-refractivity contribution in [1.82, 2.24) is 5.32 Å². The molecule has 3 rings (SSSR count). The zero-order chi connectivity index (χ0) is 19.4. The molecule has 1 atom stereocenters. The van der Waals surface area contributed by atoms with Gasteiger partial charge in [-0.05, 0) is 35.4 Å². The van der Waals surface area contributed by atoms with Crippen LogP contribution in [-0.4, -0.2) is 38.3 Å². The average Bonchev–Trinajstić information content (AvgIpc) is 2.92. The predicted molar refractivity (Wildman–Crippen MR) is 101 cm³/mol. The summed E-state index contributed by atoms with van der Waals surface area (Å²) in [7, 11) is 1.46. The second-order valence-corrected chi connectivity index (χ2v) is 6.14. The summed E-state index contributed by atoms with van der Waals surface area (Å²) in [5.74, 6) is 0.103. The Kier molecular flexibility index (Phi) is 5.40. The monoisotopic (exact) mass is 368 g/mol. The number of hydrogen-bond acceptors (Lipinski definition) is 5. The van der Waals surface area contributed by atoms with Crippen LogP contribution in [-0.2, 0) is 9.53 Å². The van der Waals surface area contributed by atoms with Gasteiger partial charge in [0.1, 0.15) is 6.61 Å². The number of ether oxygens (including phenoxy) is 2. The summed E-state index contributed by atoms with van der Waals surface area (Å²) in [5, 5.41) is 2.71. The van der Waals surface area contributed by atoms with Gasteiger partial charge in [0, 0.05) is 19.2 Å². The number of carbonyl (C=O) groups is 2. The summed E-state index contributed by atoms with van der Waals surface area (Å²) in [5.41, 5.74) is 2.17. The molecule has 2 aromatic carbocycles. The van der Waals surface area contributed by atoms with Gasteiger partial charge in [0.05, 0.1) is 13.2 Å². The van der Waals surface area contributed by atoms with Crippen molar-refractivity contribution in [3.05, 3.63) is 58.8 Å². The summed E-state index contributed by atoms with van der Waals surface area (Å²) < 4.78 is 10.3. The number of nitrogens with zero attached hydrogens (tertiary/aromatic N) is 1. The van der Waals surface area contributed by atoms with E-state index in [4.69, 9.17) is 9.47 Å². The minimum atomic E-state index is -0.443. The summed E-state index contributed by atoms with van der Waals surface area (Å²) >= 11 is 0. The van der Waals surface area contributed by atoms with E-state index in [1.807, 2.05) is 18.2 Å². The van der Waals surface area contributed by atoms with Crippen LogP contribution in [0.5, 0.6) is 5.75 Å². The second kappa shape index (κ2) is 7.90. The minimum absolute atomic E-state index is 0.159. The number of cyclic esters (lactones) is 1. The maximum absolute atomic E-state index is 12.1. The Morgan fingerprint density at radius 2 is 1.93 bits per heavy atom. The standard InChI is InChI=1S/C20H20N2O5/c1-13(23)21-11-17-12-27-20(25)22(17)16-8-6-14(7-9-16)15-4-3-5-18(24)19(10-15)26-2/h3-10,17H,11-12H2,1-2H3,(H,21,23). The Hall–Kier alpha value is -3.35. The van der Waals surface area contributed by atoms with Crippen LogP contribution in [0.15, 0.2) is 53.3 Å². The van der Waals surface area contributed by atoms with Crippen LogP contribution in [0.3, 0.4) is 0 Å². The fourth-order valence-electron chi connectivity index (χ4n) is 2.92. The van der Waals surface area contributed by atoms with E-state index in [9.17, 15) is 14.4 Å². The van der Waals surface area contributed by atoms with Crippen LogP contribution in [0.2, 0.25) is 0 Å². The van der Waals surface area contributed by atoms with Crippen molar-refractivity contribution in [1.29, 1.82) is 0 Å². The Morgan fingerprint density at radius 3 is 2.59 bits per heavy atom. The van der Waals surface area contributed by atoms with Gasteiger partial charge in [0.15, 0.2) is 5.75 Å². The largest absolute Gasteiger partial charge is 0.493 e. The molecule has 2 amide bonds. The molecule has 0 radical (unpaired) electrons. The van der Waals surface area contributed by atoms with Crippen molar-refractivity contribution < 1.29 is 19.1 Å². The minimum Gasteiger partial charge on any atom is -0.493 e. The first kappa shape index (κ1) is 18.4. The van der Waals surface area contributed by atoms with Gasteiger partial charge in [0.2, 0.25) is 11.3 Å². The van der Waals surface area contributed by atoms with Crippen LogP contribution in [0, 0.1) is 0 Å². The Labute approximate surface area is 156 Å². The van der Waals surface area contributed by atoms with Crippen molar-refractivity contribution in [2.75, 3.05) is 25.2 Å². The highest BCUT2D eigenvalue weighted by atomic mass is 16.6. The topological polar surface area (TPSA) is 84.9 Å². The molecule has 7 heteroatoms. The fraction of sp³-hybridized carbons (Fsp3) is 0.250. The van der Waals surface area contributed by atoms with E-state index >= 15 is 0 Å². The van der Waals surface area contributed by atoms with Crippen molar-refractivity contribution >= 4 is 17.7 Å². The molecule has 1 N–H and O–H groups in total. The summed E-state index contributed by atoms with van der Waals surface area (Å²) in [6.07, 6.45) is -0.443. The Morgan fingerprint density at radius 1 is 1.19 bits per heavy atom. The number of amides is 2. The molecule has 0 bridgehead atoms. The van der Waals surface area contributed by atoms with Crippen LogP contribution in [0.4, 0.5) is 10.5 Å². The first-order chi connectivity index (χ1) is 13.0. The molecule has 27 heavy (non-hydrogen) atoms. The highest BCUT2D eigenvalue weighted by Crippen LogP contribution is 2.27. The van der Waals surface area contributed by atoms with Crippen LogP contribution in [0.1, 0.15) is 6.92 Å². The van der Waals surface area contributed by atoms with Crippen molar-refractivity contribution in [2.24, 2.45) is 0 Å². The number of rotatable bonds is 5. The maximum atomic E-state index is 12.1. The number of methoxy groups -OCH3 is 1. The van der Waals surface area contributed by atoms with Gasteiger partial charge in [-0.25, -0.2) is 4.79 Å². The lowest BCUT2D eigenvalue weighted by Gasteiger charge is -2.21. The van der Waals surface area contributed by atoms with E-state index in [-0.39, 0.29) is 29.7 Å². The zero-order valence-corrected chi connectivity index (χ0v) is 15.1. The Bertz CT molecular complexity index is 911. The molecule has 7 nitrogen and oxygen atoms in total. The molecule has 0 saturated carbocycles. The lowest BCUT2D eigenvalue weighted by molar-refractivity contribution is -0.119. The number of hydrogen-bond donors (Lipinski definition) is 1. The third-order valence-electron chi connectivity index (χ3n) is 4.30. The van der Waals surface area contributed by atoms with Crippen LogP contribution >= 0.6 is 0 Å². The maximum Gasteiger partial charge on any atom is 0.414 e. The lowest BCUT2D eigenvalue weighted by Crippen LogP contribution is -2.42. The van der Waals surface area contributed by atoms with Gasteiger partial charge >= 0.3 is 6.09 Å². The molecule has 0 aromatic heterocycles. The number of nitrogens with one attached hydrogen (secondary N) is 1. The number of benzene rings is 1. The molecule has 2 aromatic rings. The summed E-state index contributed by atoms with van der Waals surface area (Å²) in [4.78, 5) is 36.6. The number of anilines is 1. The third-order valence-corrected chi connectivity index (χ3v) is 4.30. The van der Waals surface area contributed by atoms with Gasteiger partial charge in [-0.1, -0.05) is 24.3 Å². The molecule has 0 aliphatic carbocycles. The smallest absolute Gasteiger partial charge is 0.414 e. The van der Waals surface area contributed by atoms with Crippen molar-refractivity contribution in [3.63, 3.8) is 0 Å². The van der Waals surface area contributed by atoms with Gasteiger partial charge in [0.25, 0.3) is 0 Å². The highest BCUT2D eigenvalue weighted by Gasteiger charge is 2.34.